The lowest BCUT2D eigenvalue weighted by Gasteiger charge is -2.13. The number of benzene rings is 2. The Bertz CT molecular complexity index is 872. The van der Waals surface area contributed by atoms with E-state index in [0.29, 0.717) is 5.52 Å². The van der Waals surface area contributed by atoms with Gasteiger partial charge in [-0.15, -0.1) is 11.6 Å². The lowest BCUT2D eigenvalue weighted by molar-refractivity contribution is 0.563. The number of hydrogen-bond acceptors (Lipinski definition) is 2. The summed E-state index contributed by atoms with van der Waals surface area (Å²) in [5.41, 5.74) is -0.581. The molecule has 1 heterocycles. The summed E-state index contributed by atoms with van der Waals surface area (Å²) >= 11 is 5.79. The molecule has 0 fully saturated rings. The van der Waals surface area contributed by atoms with E-state index in [2.05, 4.69) is 4.98 Å². The summed E-state index contributed by atoms with van der Waals surface area (Å²) in [5, 5.41) is 0.272. The van der Waals surface area contributed by atoms with Gasteiger partial charge in [0.1, 0.15) is 23.1 Å². The van der Waals surface area contributed by atoms with Gasteiger partial charge in [0.05, 0.1) is 16.8 Å². The van der Waals surface area contributed by atoms with Crippen molar-refractivity contribution in [2.75, 3.05) is 0 Å². The minimum atomic E-state index is -0.847. The molecule has 0 atom stereocenters. The van der Waals surface area contributed by atoms with E-state index in [4.69, 9.17) is 11.6 Å². The fourth-order valence-corrected chi connectivity index (χ4v) is 2.38. The van der Waals surface area contributed by atoms with E-state index in [9.17, 15) is 13.6 Å². The van der Waals surface area contributed by atoms with Gasteiger partial charge in [0.25, 0.3) is 5.56 Å². The Labute approximate surface area is 123 Å². The van der Waals surface area contributed by atoms with Crippen molar-refractivity contribution in [1.82, 2.24) is 9.55 Å². The molecular formula is C15H9ClF2N2O. The molecular weight excluding hydrogens is 298 g/mol. The van der Waals surface area contributed by atoms with Crippen LogP contribution < -0.4 is 5.56 Å². The minimum Gasteiger partial charge on any atom is -0.268 e. The molecule has 106 valence electrons. The quantitative estimate of drug-likeness (QED) is 0.680. The van der Waals surface area contributed by atoms with Gasteiger partial charge in [-0.2, -0.15) is 0 Å². The smallest absolute Gasteiger partial charge is 0.266 e. The Kier molecular flexibility index (Phi) is 3.43. The van der Waals surface area contributed by atoms with Gasteiger partial charge in [0.15, 0.2) is 0 Å². The summed E-state index contributed by atoms with van der Waals surface area (Å²) in [7, 11) is 0. The van der Waals surface area contributed by atoms with E-state index in [-0.39, 0.29) is 17.1 Å². The van der Waals surface area contributed by atoms with Crippen LogP contribution in [0.1, 0.15) is 5.82 Å². The first kappa shape index (κ1) is 13.7. The molecule has 2 aromatic carbocycles. The molecule has 0 N–H and O–H groups in total. The molecule has 0 saturated carbocycles. The summed E-state index contributed by atoms with van der Waals surface area (Å²) in [4.78, 5) is 16.8. The van der Waals surface area contributed by atoms with Crippen molar-refractivity contribution >= 4 is 22.5 Å². The molecule has 1 aromatic heterocycles. The molecule has 0 aliphatic heterocycles. The second kappa shape index (κ2) is 5.26. The van der Waals surface area contributed by atoms with Crippen molar-refractivity contribution in [3.63, 3.8) is 0 Å². The average molecular weight is 307 g/mol. The van der Waals surface area contributed by atoms with Gasteiger partial charge in [-0.1, -0.05) is 18.2 Å². The van der Waals surface area contributed by atoms with E-state index < -0.39 is 22.9 Å². The zero-order valence-corrected chi connectivity index (χ0v) is 11.4. The van der Waals surface area contributed by atoms with E-state index in [1.807, 2.05) is 0 Å². The van der Waals surface area contributed by atoms with Crippen molar-refractivity contribution < 1.29 is 8.78 Å². The number of hydrogen-bond donors (Lipinski definition) is 0. The van der Waals surface area contributed by atoms with Crippen molar-refractivity contribution in [2.24, 2.45) is 0 Å². The zero-order valence-electron chi connectivity index (χ0n) is 10.7. The SMILES string of the molecule is O=c1c2ccccc2nc(CCl)n1-c1c(F)cccc1F. The van der Waals surface area contributed by atoms with Crippen LogP contribution in [0, 0.1) is 11.6 Å². The van der Waals surface area contributed by atoms with Gasteiger partial charge in [0, 0.05) is 0 Å². The molecule has 0 unspecified atom stereocenters. The molecule has 3 nitrogen and oxygen atoms in total. The van der Waals surface area contributed by atoms with Crippen LogP contribution >= 0.6 is 11.6 Å². The molecule has 0 spiro atoms. The van der Waals surface area contributed by atoms with Crippen LogP contribution in [0.25, 0.3) is 16.6 Å². The highest BCUT2D eigenvalue weighted by Crippen LogP contribution is 2.19. The number of fused-ring (bicyclic) bond motifs is 1. The normalized spacial score (nSPS) is 11.0. The fraction of sp³-hybridized carbons (Fsp3) is 0.0667. The lowest BCUT2D eigenvalue weighted by atomic mass is 10.2. The Hall–Kier alpha value is -2.27. The number of alkyl halides is 1. The van der Waals surface area contributed by atoms with Crippen molar-refractivity contribution in [3.05, 3.63) is 70.3 Å². The molecule has 0 saturated heterocycles. The predicted octanol–water partition coefficient (Wildman–Crippen LogP) is 3.40. The molecule has 21 heavy (non-hydrogen) atoms. The number of halogens is 3. The summed E-state index contributed by atoms with van der Waals surface area (Å²) in [6.07, 6.45) is 0. The molecule has 0 aliphatic rings. The van der Waals surface area contributed by atoms with Gasteiger partial charge >= 0.3 is 0 Å². The van der Waals surface area contributed by atoms with Gasteiger partial charge in [0.2, 0.25) is 0 Å². The summed E-state index contributed by atoms with van der Waals surface area (Å²) in [6, 6.07) is 9.98. The Morgan fingerprint density at radius 3 is 2.38 bits per heavy atom. The fourth-order valence-electron chi connectivity index (χ4n) is 2.20. The van der Waals surface area contributed by atoms with Crippen LogP contribution in [-0.2, 0) is 5.88 Å². The highest BCUT2D eigenvalue weighted by Gasteiger charge is 2.18. The van der Waals surface area contributed by atoms with Crippen molar-refractivity contribution in [3.8, 4) is 5.69 Å². The number of rotatable bonds is 2. The van der Waals surface area contributed by atoms with Crippen molar-refractivity contribution in [1.29, 1.82) is 0 Å². The summed E-state index contributed by atoms with van der Waals surface area (Å²) < 4.78 is 28.8. The van der Waals surface area contributed by atoms with E-state index in [0.717, 1.165) is 16.7 Å². The standard InChI is InChI=1S/C15H9ClF2N2O/c16-8-13-19-12-7-2-1-4-9(12)15(21)20(13)14-10(17)5-3-6-11(14)18/h1-7H,8H2. The van der Waals surface area contributed by atoms with Gasteiger partial charge < -0.3 is 0 Å². The van der Waals surface area contributed by atoms with Gasteiger partial charge in [-0.3, -0.25) is 9.36 Å². The highest BCUT2D eigenvalue weighted by atomic mass is 35.5. The number of aromatic nitrogens is 2. The second-order valence-corrected chi connectivity index (χ2v) is 4.66. The summed E-state index contributed by atoms with van der Waals surface area (Å²) in [5.74, 6) is -1.75. The van der Waals surface area contributed by atoms with Crippen LogP contribution in [0.5, 0.6) is 0 Å². The Morgan fingerprint density at radius 2 is 1.71 bits per heavy atom. The lowest BCUT2D eigenvalue weighted by Crippen LogP contribution is -2.25. The molecule has 3 aromatic rings. The van der Waals surface area contributed by atoms with Crippen LogP contribution in [0.4, 0.5) is 8.78 Å². The monoisotopic (exact) mass is 306 g/mol. The Morgan fingerprint density at radius 1 is 1.05 bits per heavy atom. The maximum atomic E-state index is 14.0. The van der Waals surface area contributed by atoms with Crippen molar-refractivity contribution in [2.45, 2.75) is 5.88 Å². The summed E-state index contributed by atoms with van der Waals surface area (Å²) in [6.45, 7) is 0. The predicted molar refractivity (Wildman–Crippen MR) is 76.8 cm³/mol. The zero-order chi connectivity index (χ0) is 15.0. The van der Waals surface area contributed by atoms with E-state index >= 15 is 0 Å². The van der Waals surface area contributed by atoms with Gasteiger partial charge in [-0.05, 0) is 24.3 Å². The Balaban J connectivity index is 2.47. The number of nitrogens with zero attached hydrogens (tertiary/aromatic N) is 2. The highest BCUT2D eigenvalue weighted by molar-refractivity contribution is 6.16. The molecule has 6 heteroatoms. The van der Waals surface area contributed by atoms with Gasteiger partial charge in [-0.25, -0.2) is 13.8 Å². The molecule has 0 radical (unpaired) electrons. The first-order valence-electron chi connectivity index (χ1n) is 6.14. The third-order valence-corrected chi connectivity index (χ3v) is 3.36. The van der Waals surface area contributed by atoms with E-state index in [1.165, 1.54) is 6.07 Å². The van der Waals surface area contributed by atoms with Crippen LogP contribution in [-0.4, -0.2) is 9.55 Å². The molecule has 3 rings (SSSR count). The topological polar surface area (TPSA) is 34.9 Å². The number of para-hydroxylation sites is 2. The third-order valence-electron chi connectivity index (χ3n) is 3.13. The second-order valence-electron chi connectivity index (χ2n) is 4.39. The molecule has 0 bridgehead atoms. The first-order valence-corrected chi connectivity index (χ1v) is 6.68. The van der Waals surface area contributed by atoms with Crippen LogP contribution in [0.2, 0.25) is 0 Å². The first-order chi connectivity index (χ1) is 10.1. The average Bonchev–Trinajstić information content (AvgIpc) is 2.49. The largest absolute Gasteiger partial charge is 0.268 e. The maximum Gasteiger partial charge on any atom is 0.266 e. The third kappa shape index (κ3) is 2.19. The minimum absolute atomic E-state index is 0.0874. The van der Waals surface area contributed by atoms with Crippen LogP contribution in [0.3, 0.4) is 0 Å². The molecule has 0 aliphatic carbocycles. The van der Waals surface area contributed by atoms with E-state index in [1.54, 1.807) is 24.3 Å². The van der Waals surface area contributed by atoms with Crippen LogP contribution in [0.15, 0.2) is 47.3 Å². The molecule has 0 amide bonds. The maximum absolute atomic E-state index is 14.0.